The lowest BCUT2D eigenvalue weighted by Crippen LogP contribution is -2.19. The molecule has 1 atom stereocenters. The Morgan fingerprint density at radius 2 is 1.70 bits per heavy atom. The number of rotatable bonds is 4. The van der Waals surface area contributed by atoms with Crippen LogP contribution < -0.4 is 5.56 Å². The van der Waals surface area contributed by atoms with Crippen molar-refractivity contribution in [3.63, 3.8) is 0 Å². The molecule has 8 heteroatoms. The minimum Gasteiger partial charge on any atom is -0.310 e. The summed E-state index contributed by atoms with van der Waals surface area (Å²) < 4.78 is 50.0. The molecule has 0 unspecified atom stereocenters. The molecule has 1 heterocycles. The van der Waals surface area contributed by atoms with Crippen molar-refractivity contribution < 1.29 is 17.4 Å². The van der Waals surface area contributed by atoms with E-state index in [1.807, 2.05) is 32.0 Å². The van der Waals surface area contributed by atoms with Gasteiger partial charge in [0, 0.05) is 22.6 Å². The Kier molecular flexibility index (Phi) is 5.03. The first kappa shape index (κ1) is 17.4. The highest BCUT2D eigenvalue weighted by molar-refractivity contribution is 7.83. The quantitative estimate of drug-likeness (QED) is 0.928. The van der Waals surface area contributed by atoms with E-state index in [1.54, 1.807) is 0 Å². The summed E-state index contributed by atoms with van der Waals surface area (Å²) in [6.45, 7) is 3.82. The van der Waals surface area contributed by atoms with Gasteiger partial charge in [0.2, 0.25) is 0 Å². The third kappa shape index (κ3) is 5.02. The molecule has 2 rings (SSSR count). The Morgan fingerprint density at radius 1 is 1.09 bits per heavy atom. The summed E-state index contributed by atoms with van der Waals surface area (Å²) in [4.78, 5) is 16.8. The lowest BCUT2D eigenvalue weighted by molar-refractivity contribution is -0.141. The van der Waals surface area contributed by atoms with Crippen LogP contribution in [0.4, 0.5) is 13.2 Å². The molecule has 1 aromatic carbocycles. The van der Waals surface area contributed by atoms with E-state index in [9.17, 15) is 22.2 Å². The molecule has 0 bridgehead atoms. The smallest absolute Gasteiger partial charge is 0.310 e. The lowest BCUT2D eigenvalue weighted by Gasteiger charge is -2.08. The summed E-state index contributed by atoms with van der Waals surface area (Å²) in [6.07, 6.45) is -4.71. The fraction of sp³-hybridized carbons (Fsp3) is 0.333. The van der Waals surface area contributed by atoms with E-state index < -0.39 is 28.2 Å². The Hall–Kier alpha value is -1.96. The van der Waals surface area contributed by atoms with E-state index in [0.717, 1.165) is 16.7 Å². The van der Waals surface area contributed by atoms with Crippen LogP contribution in [0, 0.1) is 13.8 Å². The van der Waals surface area contributed by atoms with Gasteiger partial charge in [-0.05, 0) is 19.4 Å². The lowest BCUT2D eigenvalue weighted by atomic mass is 10.1. The van der Waals surface area contributed by atoms with Crippen molar-refractivity contribution in [2.24, 2.45) is 0 Å². The molecular formula is C15H15F3N2O2S. The molecule has 23 heavy (non-hydrogen) atoms. The zero-order valence-corrected chi connectivity index (χ0v) is 13.3. The first-order valence-corrected chi connectivity index (χ1v) is 8.22. The van der Waals surface area contributed by atoms with E-state index >= 15 is 0 Å². The fourth-order valence-electron chi connectivity index (χ4n) is 2.26. The third-order valence-corrected chi connectivity index (χ3v) is 4.24. The van der Waals surface area contributed by atoms with Gasteiger partial charge >= 0.3 is 6.18 Å². The molecule has 0 radical (unpaired) electrons. The number of aromatic amines is 1. The number of halogens is 3. The van der Waals surface area contributed by atoms with Gasteiger partial charge < -0.3 is 4.98 Å². The predicted octanol–water partition coefficient (Wildman–Crippen LogP) is 2.85. The first-order valence-electron chi connectivity index (χ1n) is 6.73. The summed E-state index contributed by atoms with van der Waals surface area (Å²) in [5.41, 5.74) is 0.672. The van der Waals surface area contributed by atoms with Crippen LogP contribution >= 0.6 is 0 Å². The Labute approximate surface area is 133 Å². The number of hydrogen-bond acceptors (Lipinski definition) is 3. The van der Waals surface area contributed by atoms with E-state index in [2.05, 4.69) is 9.97 Å². The molecule has 0 aliphatic heterocycles. The van der Waals surface area contributed by atoms with Gasteiger partial charge in [0.1, 0.15) is 5.82 Å². The number of H-pyrrole nitrogens is 1. The van der Waals surface area contributed by atoms with Gasteiger partial charge in [-0.15, -0.1) is 0 Å². The monoisotopic (exact) mass is 344 g/mol. The van der Waals surface area contributed by atoms with Crippen molar-refractivity contribution in [3.05, 3.63) is 62.8 Å². The number of alkyl halides is 3. The summed E-state index contributed by atoms with van der Waals surface area (Å²) in [6, 6.07) is 6.09. The van der Waals surface area contributed by atoms with Gasteiger partial charge in [-0.1, -0.05) is 29.3 Å². The standard InChI is InChI=1S/C15H15F3N2O2S/c1-9-3-10(2)5-11(4-9)7-23(22)8-13-19-12(15(16,17)18)6-14(21)20-13/h3-6H,7-8H2,1-2H3,(H,19,20,21)/t23-/m1/s1. The average Bonchev–Trinajstić information content (AvgIpc) is 2.35. The number of benzene rings is 1. The number of aromatic nitrogens is 2. The van der Waals surface area contributed by atoms with E-state index in [0.29, 0.717) is 6.07 Å². The molecule has 4 nitrogen and oxygen atoms in total. The van der Waals surface area contributed by atoms with Gasteiger partial charge in [0.05, 0.1) is 5.75 Å². The molecule has 0 spiro atoms. The topological polar surface area (TPSA) is 62.8 Å². The molecule has 2 aromatic rings. The number of aryl methyl sites for hydroxylation is 2. The van der Waals surface area contributed by atoms with Crippen LogP contribution in [0.15, 0.2) is 29.1 Å². The maximum atomic E-state index is 12.6. The van der Waals surface area contributed by atoms with Gasteiger partial charge in [-0.2, -0.15) is 13.2 Å². The van der Waals surface area contributed by atoms with E-state index in [4.69, 9.17) is 0 Å². The minimum absolute atomic E-state index is 0.183. The number of nitrogens with one attached hydrogen (secondary N) is 1. The minimum atomic E-state index is -4.71. The molecule has 0 saturated heterocycles. The second kappa shape index (κ2) is 6.66. The van der Waals surface area contributed by atoms with Gasteiger partial charge in [-0.25, -0.2) is 4.98 Å². The maximum absolute atomic E-state index is 12.6. The molecule has 1 N–H and O–H groups in total. The van der Waals surface area contributed by atoms with Crippen LogP contribution in [0.3, 0.4) is 0 Å². The highest BCUT2D eigenvalue weighted by Crippen LogP contribution is 2.26. The average molecular weight is 344 g/mol. The zero-order chi connectivity index (χ0) is 17.2. The molecular weight excluding hydrogens is 329 g/mol. The summed E-state index contributed by atoms with van der Waals surface area (Å²) in [5, 5.41) is 0. The van der Waals surface area contributed by atoms with Crippen LogP contribution in [0.25, 0.3) is 0 Å². The number of hydrogen-bond donors (Lipinski definition) is 1. The highest BCUT2D eigenvalue weighted by Gasteiger charge is 2.33. The first-order chi connectivity index (χ1) is 10.6. The summed E-state index contributed by atoms with van der Waals surface area (Å²) in [5.74, 6) is -0.290. The molecule has 0 saturated carbocycles. The van der Waals surface area contributed by atoms with E-state index in [-0.39, 0.29) is 17.3 Å². The van der Waals surface area contributed by atoms with Gasteiger partial charge in [0.15, 0.2) is 5.69 Å². The van der Waals surface area contributed by atoms with Crippen molar-refractivity contribution >= 4 is 10.8 Å². The molecule has 0 fully saturated rings. The van der Waals surface area contributed by atoms with Crippen LogP contribution in [-0.2, 0) is 28.5 Å². The SMILES string of the molecule is Cc1cc(C)cc(C[S@@](=O)Cc2nc(C(F)(F)F)cc(=O)[nH]2)c1. The largest absolute Gasteiger partial charge is 0.433 e. The van der Waals surface area contributed by atoms with Crippen LogP contribution in [-0.4, -0.2) is 14.2 Å². The Balaban J connectivity index is 2.17. The second-order valence-corrected chi connectivity index (χ2v) is 6.76. The molecule has 0 aliphatic rings. The summed E-state index contributed by atoms with van der Waals surface area (Å²) in [7, 11) is -1.48. The number of nitrogens with zero attached hydrogens (tertiary/aromatic N) is 1. The van der Waals surface area contributed by atoms with Crippen LogP contribution in [0.5, 0.6) is 0 Å². The Morgan fingerprint density at radius 3 is 2.26 bits per heavy atom. The molecule has 0 amide bonds. The zero-order valence-electron chi connectivity index (χ0n) is 12.5. The maximum Gasteiger partial charge on any atom is 0.433 e. The van der Waals surface area contributed by atoms with E-state index in [1.165, 1.54) is 0 Å². The normalized spacial score (nSPS) is 13.1. The van der Waals surface area contributed by atoms with Crippen molar-refractivity contribution in [1.29, 1.82) is 0 Å². The van der Waals surface area contributed by atoms with Crippen LogP contribution in [0.2, 0.25) is 0 Å². The molecule has 0 aliphatic carbocycles. The van der Waals surface area contributed by atoms with Gasteiger partial charge in [-0.3, -0.25) is 9.00 Å². The van der Waals surface area contributed by atoms with Gasteiger partial charge in [0.25, 0.3) is 5.56 Å². The summed E-state index contributed by atoms with van der Waals surface area (Å²) >= 11 is 0. The van der Waals surface area contributed by atoms with Crippen molar-refractivity contribution in [2.75, 3.05) is 0 Å². The van der Waals surface area contributed by atoms with Crippen molar-refractivity contribution in [1.82, 2.24) is 9.97 Å². The van der Waals surface area contributed by atoms with Crippen molar-refractivity contribution in [3.8, 4) is 0 Å². The molecule has 1 aromatic heterocycles. The predicted molar refractivity (Wildman–Crippen MR) is 81.3 cm³/mol. The Bertz CT molecular complexity index is 780. The van der Waals surface area contributed by atoms with Crippen LogP contribution in [0.1, 0.15) is 28.2 Å². The molecule has 124 valence electrons. The fourth-order valence-corrected chi connectivity index (χ4v) is 3.35. The highest BCUT2D eigenvalue weighted by atomic mass is 32.2. The second-order valence-electron chi connectivity index (χ2n) is 5.30. The third-order valence-electron chi connectivity index (χ3n) is 2.99. The van der Waals surface area contributed by atoms with Crippen molar-refractivity contribution in [2.45, 2.75) is 31.5 Å².